The fourth-order valence-corrected chi connectivity index (χ4v) is 3.57. The first-order chi connectivity index (χ1) is 14.7. The van der Waals surface area contributed by atoms with E-state index in [1.54, 1.807) is 50.7 Å². The van der Waals surface area contributed by atoms with E-state index >= 15 is 0 Å². The fraction of sp³-hybridized carbons (Fsp3) is 0.304. The quantitative estimate of drug-likeness (QED) is 0.577. The number of aromatic nitrogens is 1. The van der Waals surface area contributed by atoms with E-state index in [1.807, 2.05) is 12.1 Å². The van der Waals surface area contributed by atoms with Crippen LogP contribution in [-0.2, 0) is 4.74 Å². The number of pyridine rings is 1. The van der Waals surface area contributed by atoms with Gasteiger partial charge in [0.25, 0.3) is 0 Å². The van der Waals surface area contributed by atoms with Crippen LogP contribution in [-0.4, -0.2) is 31.4 Å². The number of nitrogens with zero attached hydrogens (tertiary/aromatic N) is 1. The van der Waals surface area contributed by atoms with E-state index in [2.05, 4.69) is 10.3 Å². The van der Waals surface area contributed by atoms with Crippen LogP contribution in [0.15, 0.2) is 48.7 Å². The normalized spacial score (nSPS) is 13.8. The highest BCUT2D eigenvalue weighted by Gasteiger charge is 2.19. The van der Waals surface area contributed by atoms with Crippen LogP contribution in [0.25, 0.3) is 10.9 Å². The molecule has 2 aromatic carbocycles. The first-order valence-electron chi connectivity index (χ1n) is 9.92. The molecule has 0 bridgehead atoms. The maximum absolute atomic E-state index is 12.0. The van der Waals surface area contributed by atoms with Gasteiger partial charge in [0.1, 0.15) is 17.6 Å². The largest absolute Gasteiger partial charge is 0.493 e. The van der Waals surface area contributed by atoms with Crippen LogP contribution in [0, 0.1) is 0 Å². The van der Waals surface area contributed by atoms with Gasteiger partial charge in [-0.3, -0.25) is 10.3 Å². The Hall–Kier alpha value is -3.48. The number of ether oxygens (including phenoxy) is 4. The topological polar surface area (TPSA) is 78.9 Å². The number of benzene rings is 2. The van der Waals surface area contributed by atoms with Crippen LogP contribution < -0.4 is 19.5 Å². The van der Waals surface area contributed by atoms with Gasteiger partial charge >= 0.3 is 6.09 Å². The van der Waals surface area contributed by atoms with Crippen molar-refractivity contribution in [1.29, 1.82) is 0 Å². The number of nitrogens with one attached hydrogen (secondary N) is 1. The highest BCUT2D eigenvalue weighted by atomic mass is 16.6. The van der Waals surface area contributed by atoms with E-state index in [4.69, 9.17) is 18.9 Å². The molecule has 1 saturated carbocycles. The summed E-state index contributed by atoms with van der Waals surface area (Å²) in [6, 6.07) is 12.6. The van der Waals surface area contributed by atoms with Gasteiger partial charge < -0.3 is 18.9 Å². The Morgan fingerprint density at radius 3 is 2.37 bits per heavy atom. The summed E-state index contributed by atoms with van der Waals surface area (Å²) in [5.41, 5.74) is 1.38. The van der Waals surface area contributed by atoms with Gasteiger partial charge in [0, 0.05) is 23.3 Å². The van der Waals surface area contributed by atoms with Crippen molar-refractivity contribution in [3.8, 4) is 23.0 Å². The van der Waals surface area contributed by atoms with Gasteiger partial charge in [-0.05, 0) is 62.1 Å². The zero-order valence-electron chi connectivity index (χ0n) is 17.0. The van der Waals surface area contributed by atoms with E-state index in [9.17, 15) is 4.79 Å². The molecular weight excluding hydrogens is 384 g/mol. The van der Waals surface area contributed by atoms with Crippen LogP contribution in [0.5, 0.6) is 23.0 Å². The minimum atomic E-state index is -0.420. The zero-order valence-corrected chi connectivity index (χ0v) is 17.0. The number of methoxy groups -OCH3 is 2. The lowest BCUT2D eigenvalue weighted by atomic mass is 10.2. The Labute approximate surface area is 174 Å². The van der Waals surface area contributed by atoms with Crippen LogP contribution in [0.1, 0.15) is 25.7 Å². The van der Waals surface area contributed by atoms with E-state index in [0.717, 1.165) is 36.6 Å². The number of hydrogen-bond donors (Lipinski definition) is 1. The summed E-state index contributed by atoms with van der Waals surface area (Å²) in [6.07, 6.45) is 5.41. The minimum Gasteiger partial charge on any atom is -0.493 e. The Balaban J connectivity index is 1.47. The number of amides is 1. The van der Waals surface area contributed by atoms with Gasteiger partial charge in [-0.2, -0.15) is 0 Å². The second-order valence-electron chi connectivity index (χ2n) is 7.10. The third-order valence-electron chi connectivity index (χ3n) is 5.11. The van der Waals surface area contributed by atoms with Crippen molar-refractivity contribution in [2.45, 2.75) is 31.8 Å². The summed E-state index contributed by atoms with van der Waals surface area (Å²) >= 11 is 0. The lowest BCUT2D eigenvalue weighted by molar-refractivity contribution is 0.114. The minimum absolute atomic E-state index is 0.0307. The predicted octanol–water partition coefficient (Wildman–Crippen LogP) is 5.54. The zero-order chi connectivity index (χ0) is 20.9. The molecule has 1 aliphatic carbocycles. The van der Waals surface area contributed by atoms with Gasteiger partial charge in [0.15, 0.2) is 11.5 Å². The molecule has 1 N–H and O–H groups in total. The predicted molar refractivity (Wildman–Crippen MR) is 114 cm³/mol. The number of fused-ring (bicyclic) bond motifs is 1. The second kappa shape index (κ2) is 8.90. The molecule has 4 rings (SSSR count). The maximum atomic E-state index is 12.0. The Morgan fingerprint density at radius 1 is 0.967 bits per heavy atom. The summed E-state index contributed by atoms with van der Waals surface area (Å²) in [5.74, 6) is 2.48. The molecule has 1 heterocycles. The van der Waals surface area contributed by atoms with Gasteiger partial charge in [-0.15, -0.1) is 0 Å². The van der Waals surface area contributed by atoms with Crippen molar-refractivity contribution in [2.24, 2.45) is 0 Å². The lowest BCUT2D eigenvalue weighted by Gasteiger charge is -2.13. The first-order valence-corrected chi connectivity index (χ1v) is 9.92. The lowest BCUT2D eigenvalue weighted by Crippen LogP contribution is -2.20. The summed E-state index contributed by atoms with van der Waals surface area (Å²) in [5, 5.41) is 3.56. The van der Waals surface area contributed by atoms with Crippen molar-refractivity contribution < 1.29 is 23.7 Å². The molecular formula is C23H24N2O5. The van der Waals surface area contributed by atoms with E-state index in [-0.39, 0.29) is 6.10 Å². The second-order valence-corrected chi connectivity index (χ2v) is 7.10. The van der Waals surface area contributed by atoms with E-state index in [0.29, 0.717) is 28.7 Å². The van der Waals surface area contributed by atoms with Crippen molar-refractivity contribution in [3.63, 3.8) is 0 Å². The molecule has 0 radical (unpaired) electrons. The van der Waals surface area contributed by atoms with Crippen LogP contribution >= 0.6 is 0 Å². The van der Waals surface area contributed by atoms with E-state index < -0.39 is 6.09 Å². The van der Waals surface area contributed by atoms with Crippen LogP contribution in [0.2, 0.25) is 0 Å². The van der Waals surface area contributed by atoms with Gasteiger partial charge in [-0.25, -0.2) is 4.79 Å². The third-order valence-corrected chi connectivity index (χ3v) is 5.11. The molecule has 1 fully saturated rings. The number of carbonyl (C=O) groups is 1. The molecule has 0 saturated heterocycles. The number of anilines is 1. The average Bonchev–Trinajstić information content (AvgIpc) is 3.27. The Morgan fingerprint density at radius 2 is 1.67 bits per heavy atom. The summed E-state index contributed by atoms with van der Waals surface area (Å²) in [6.45, 7) is 0. The summed E-state index contributed by atoms with van der Waals surface area (Å²) < 4.78 is 22.2. The van der Waals surface area contributed by atoms with Crippen molar-refractivity contribution in [2.75, 3.05) is 19.5 Å². The molecule has 1 aromatic heterocycles. The highest BCUT2D eigenvalue weighted by Crippen LogP contribution is 2.37. The average molecular weight is 408 g/mol. The molecule has 0 atom stereocenters. The molecule has 0 aliphatic heterocycles. The molecule has 7 nitrogen and oxygen atoms in total. The molecule has 156 valence electrons. The molecule has 1 amide bonds. The van der Waals surface area contributed by atoms with Crippen LogP contribution in [0.3, 0.4) is 0 Å². The van der Waals surface area contributed by atoms with Gasteiger partial charge in [0.2, 0.25) is 0 Å². The molecule has 7 heteroatoms. The molecule has 1 aliphatic rings. The summed E-state index contributed by atoms with van der Waals surface area (Å²) in [4.78, 5) is 16.4. The fourth-order valence-electron chi connectivity index (χ4n) is 3.57. The molecule has 0 spiro atoms. The smallest absolute Gasteiger partial charge is 0.411 e. The Bertz CT molecular complexity index is 1030. The van der Waals surface area contributed by atoms with E-state index in [1.165, 1.54) is 0 Å². The monoisotopic (exact) mass is 408 g/mol. The van der Waals surface area contributed by atoms with Gasteiger partial charge in [0.05, 0.1) is 19.7 Å². The number of rotatable bonds is 6. The van der Waals surface area contributed by atoms with Crippen molar-refractivity contribution in [1.82, 2.24) is 4.98 Å². The third kappa shape index (κ3) is 4.40. The molecule has 30 heavy (non-hydrogen) atoms. The standard InChI is InChI=1S/C23H24N2O5/c1-27-21-13-18-19(14-22(21)28-2)24-12-11-20(18)29-17-9-7-15(8-10-17)25-23(26)30-16-5-3-4-6-16/h7-14,16H,3-6H2,1-2H3,(H,25,26). The molecule has 0 unspecified atom stereocenters. The summed E-state index contributed by atoms with van der Waals surface area (Å²) in [7, 11) is 3.17. The molecule has 3 aromatic rings. The first kappa shape index (κ1) is 19.8. The van der Waals surface area contributed by atoms with Gasteiger partial charge in [-0.1, -0.05) is 0 Å². The maximum Gasteiger partial charge on any atom is 0.411 e. The Kier molecular flexibility index (Phi) is 5.88. The number of carbonyl (C=O) groups excluding carboxylic acids is 1. The SMILES string of the molecule is COc1cc2nccc(Oc3ccc(NC(=O)OC4CCCC4)cc3)c2cc1OC. The van der Waals surface area contributed by atoms with Crippen molar-refractivity contribution in [3.05, 3.63) is 48.7 Å². The number of hydrogen-bond acceptors (Lipinski definition) is 6. The highest BCUT2D eigenvalue weighted by molar-refractivity contribution is 5.88. The van der Waals surface area contributed by atoms with Crippen molar-refractivity contribution >= 4 is 22.7 Å². The van der Waals surface area contributed by atoms with Crippen LogP contribution in [0.4, 0.5) is 10.5 Å².